The fourth-order valence-corrected chi connectivity index (χ4v) is 3.86. The topological polar surface area (TPSA) is 24.5 Å². The third kappa shape index (κ3) is 2.67. The van der Waals surface area contributed by atoms with Crippen LogP contribution in [0.1, 0.15) is 44.9 Å². The molecule has 1 saturated carbocycles. The fourth-order valence-electron chi connectivity index (χ4n) is 3.86. The van der Waals surface area contributed by atoms with Gasteiger partial charge in [-0.05, 0) is 32.2 Å². The van der Waals surface area contributed by atoms with Crippen LogP contribution in [0, 0.1) is 0 Å². The summed E-state index contributed by atoms with van der Waals surface area (Å²) in [6.45, 7) is 4.53. The average molecular weight is 238 g/mol. The Bertz CT molecular complexity index is 236. The van der Waals surface area contributed by atoms with Crippen molar-refractivity contribution >= 4 is 0 Å². The summed E-state index contributed by atoms with van der Waals surface area (Å²) in [7, 11) is 0. The minimum atomic E-state index is 0.542. The van der Waals surface area contributed by atoms with Gasteiger partial charge in [-0.1, -0.05) is 19.3 Å². The van der Waals surface area contributed by atoms with Crippen LogP contribution in [0.15, 0.2) is 0 Å². The van der Waals surface area contributed by atoms with Gasteiger partial charge in [-0.2, -0.15) is 0 Å². The number of fused-ring (bicyclic) bond motifs is 1. The van der Waals surface area contributed by atoms with E-state index in [0.29, 0.717) is 6.10 Å². The normalized spacial score (nSPS) is 40.6. The van der Waals surface area contributed by atoms with Gasteiger partial charge in [0.15, 0.2) is 0 Å². The maximum absolute atomic E-state index is 5.97. The maximum atomic E-state index is 5.97. The molecule has 0 radical (unpaired) electrons. The Morgan fingerprint density at radius 1 is 1.00 bits per heavy atom. The van der Waals surface area contributed by atoms with Crippen molar-refractivity contribution in [3.63, 3.8) is 0 Å². The first-order valence-electron chi connectivity index (χ1n) is 7.53. The van der Waals surface area contributed by atoms with Crippen LogP contribution in [-0.4, -0.2) is 49.3 Å². The van der Waals surface area contributed by atoms with E-state index in [0.717, 1.165) is 25.2 Å². The van der Waals surface area contributed by atoms with E-state index in [1.807, 2.05) is 0 Å². The van der Waals surface area contributed by atoms with E-state index in [1.54, 1.807) is 0 Å². The van der Waals surface area contributed by atoms with Crippen LogP contribution in [0.3, 0.4) is 0 Å². The monoisotopic (exact) mass is 238 g/mol. The molecule has 2 heterocycles. The van der Waals surface area contributed by atoms with Gasteiger partial charge in [0.05, 0.1) is 12.7 Å². The summed E-state index contributed by atoms with van der Waals surface area (Å²) in [6.07, 6.45) is 10.1. The Labute approximate surface area is 105 Å². The summed E-state index contributed by atoms with van der Waals surface area (Å²) in [6, 6.07) is 1.49. The Morgan fingerprint density at radius 2 is 1.88 bits per heavy atom. The van der Waals surface area contributed by atoms with Crippen molar-refractivity contribution in [2.24, 2.45) is 0 Å². The number of ether oxygens (including phenoxy) is 1. The van der Waals surface area contributed by atoms with Crippen LogP contribution in [0.25, 0.3) is 0 Å². The summed E-state index contributed by atoms with van der Waals surface area (Å²) in [4.78, 5) is 2.78. The molecule has 98 valence electrons. The van der Waals surface area contributed by atoms with Crippen molar-refractivity contribution in [3.8, 4) is 0 Å². The average Bonchev–Trinajstić information content (AvgIpc) is 2.67. The van der Waals surface area contributed by atoms with Gasteiger partial charge in [0.2, 0.25) is 0 Å². The van der Waals surface area contributed by atoms with Crippen molar-refractivity contribution in [2.75, 3.05) is 26.2 Å². The molecule has 3 atom stereocenters. The molecule has 0 amide bonds. The molecule has 3 fully saturated rings. The lowest BCUT2D eigenvalue weighted by Crippen LogP contribution is -2.57. The first kappa shape index (κ1) is 11.9. The highest BCUT2D eigenvalue weighted by Gasteiger charge is 2.37. The van der Waals surface area contributed by atoms with Gasteiger partial charge in [0, 0.05) is 25.2 Å². The molecule has 2 aliphatic heterocycles. The molecule has 3 heteroatoms. The lowest BCUT2D eigenvalue weighted by atomic mass is 9.88. The molecule has 1 aliphatic carbocycles. The lowest BCUT2D eigenvalue weighted by molar-refractivity contribution is -0.102. The number of hydrogen-bond donors (Lipinski definition) is 1. The fraction of sp³-hybridized carbons (Fsp3) is 1.00. The Hall–Kier alpha value is -0.120. The van der Waals surface area contributed by atoms with Crippen molar-refractivity contribution in [1.29, 1.82) is 0 Å². The van der Waals surface area contributed by atoms with Crippen molar-refractivity contribution in [3.05, 3.63) is 0 Å². The summed E-state index contributed by atoms with van der Waals surface area (Å²) in [5.41, 5.74) is 0. The highest BCUT2D eigenvalue weighted by Crippen LogP contribution is 2.30. The predicted octanol–water partition coefficient (Wildman–Crippen LogP) is 1.77. The van der Waals surface area contributed by atoms with Gasteiger partial charge in [0.25, 0.3) is 0 Å². The summed E-state index contributed by atoms with van der Waals surface area (Å²) in [5.74, 6) is 0. The molecule has 1 N–H and O–H groups in total. The quantitative estimate of drug-likeness (QED) is 0.753. The van der Waals surface area contributed by atoms with E-state index in [2.05, 4.69) is 10.2 Å². The van der Waals surface area contributed by atoms with Crippen LogP contribution >= 0.6 is 0 Å². The molecule has 0 spiro atoms. The van der Waals surface area contributed by atoms with Crippen LogP contribution in [0.4, 0.5) is 0 Å². The first-order chi connectivity index (χ1) is 8.45. The van der Waals surface area contributed by atoms with Crippen molar-refractivity contribution in [1.82, 2.24) is 10.2 Å². The van der Waals surface area contributed by atoms with E-state index >= 15 is 0 Å². The molecule has 3 nitrogen and oxygen atoms in total. The molecule has 3 unspecified atom stereocenters. The SMILES string of the molecule is C1CCC(N2CCOC3CCCCC32)CNC1. The molecule has 0 bridgehead atoms. The summed E-state index contributed by atoms with van der Waals surface area (Å²) < 4.78 is 5.97. The number of morpholine rings is 1. The smallest absolute Gasteiger partial charge is 0.0731 e. The van der Waals surface area contributed by atoms with E-state index in [1.165, 1.54) is 58.0 Å². The predicted molar refractivity (Wildman–Crippen MR) is 69.2 cm³/mol. The standard InChI is InChI=1S/C14H26N2O/c1-2-7-14-13(6-1)16(9-10-17-14)12-5-3-4-8-15-11-12/h12-15H,1-11H2. The minimum absolute atomic E-state index is 0.542. The molecule has 3 rings (SSSR count). The van der Waals surface area contributed by atoms with Gasteiger partial charge in [-0.15, -0.1) is 0 Å². The second-order valence-corrected chi connectivity index (χ2v) is 5.85. The van der Waals surface area contributed by atoms with Gasteiger partial charge >= 0.3 is 0 Å². The van der Waals surface area contributed by atoms with Crippen LogP contribution in [0.5, 0.6) is 0 Å². The third-order valence-corrected chi connectivity index (χ3v) is 4.76. The Morgan fingerprint density at radius 3 is 2.88 bits per heavy atom. The van der Waals surface area contributed by atoms with Crippen LogP contribution < -0.4 is 5.32 Å². The van der Waals surface area contributed by atoms with Gasteiger partial charge in [-0.25, -0.2) is 0 Å². The van der Waals surface area contributed by atoms with E-state index in [4.69, 9.17) is 4.74 Å². The number of nitrogens with zero attached hydrogens (tertiary/aromatic N) is 1. The molecule has 0 aromatic carbocycles. The summed E-state index contributed by atoms with van der Waals surface area (Å²) in [5, 5.41) is 3.61. The minimum Gasteiger partial charge on any atom is -0.375 e. The zero-order chi connectivity index (χ0) is 11.5. The maximum Gasteiger partial charge on any atom is 0.0731 e. The lowest BCUT2D eigenvalue weighted by Gasteiger charge is -2.47. The highest BCUT2D eigenvalue weighted by molar-refractivity contribution is 4.91. The molecular weight excluding hydrogens is 212 g/mol. The zero-order valence-corrected chi connectivity index (χ0v) is 10.9. The largest absolute Gasteiger partial charge is 0.375 e. The second kappa shape index (κ2) is 5.68. The van der Waals surface area contributed by atoms with E-state index < -0.39 is 0 Å². The van der Waals surface area contributed by atoms with Crippen molar-refractivity contribution < 1.29 is 4.74 Å². The molecule has 2 saturated heterocycles. The van der Waals surface area contributed by atoms with Crippen LogP contribution in [-0.2, 0) is 4.74 Å². The van der Waals surface area contributed by atoms with E-state index in [9.17, 15) is 0 Å². The first-order valence-corrected chi connectivity index (χ1v) is 7.53. The molecular formula is C14H26N2O. The Balaban J connectivity index is 1.66. The highest BCUT2D eigenvalue weighted by atomic mass is 16.5. The van der Waals surface area contributed by atoms with Gasteiger partial charge in [0.1, 0.15) is 0 Å². The van der Waals surface area contributed by atoms with Gasteiger partial charge < -0.3 is 10.1 Å². The van der Waals surface area contributed by atoms with E-state index in [-0.39, 0.29) is 0 Å². The zero-order valence-electron chi connectivity index (χ0n) is 10.9. The molecule has 0 aromatic rings. The molecule has 17 heavy (non-hydrogen) atoms. The number of rotatable bonds is 1. The number of nitrogens with one attached hydrogen (secondary N) is 1. The van der Waals surface area contributed by atoms with Gasteiger partial charge in [-0.3, -0.25) is 4.90 Å². The van der Waals surface area contributed by atoms with Crippen LogP contribution in [0.2, 0.25) is 0 Å². The Kier molecular flexibility index (Phi) is 3.99. The second-order valence-electron chi connectivity index (χ2n) is 5.85. The molecule has 0 aromatic heterocycles. The third-order valence-electron chi connectivity index (χ3n) is 4.76. The summed E-state index contributed by atoms with van der Waals surface area (Å²) >= 11 is 0. The molecule has 3 aliphatic rings. The number of hydrogen-bond acceptors (Lipinski definition) is 3. The van der Waals surface area contributed by atoms with Crippen molar-refractivity contribution in [2.45, 2.75) is 63.1 Å².